The molecule has 0 saturated carbocycles. The highest BCUT2D eigenvalue weighted by Crippen LogP contribution is 2.38. The van der Waals surface area contributed by atoms with E-state index in [-0.39, 0.29) is 17.3 Å². The Balaban J connectivity index is 4.76. The smallest absolute Gasteiger partial charge is 0.368 e. The van der Waals surface area contributed by atoms with Crippen LogP contribution in [0.3, 0.4) is 0 Å². The van der Waals surface area contributed by atoms with Crippen LogP contribution in [0.4, 0.5) is 13.2 Å². The van der Waals surface area contributed by atoms with E-state index in [1.54, 1.807) is 0 Å². The number of rotatable bonds is 6. The van der Waals surface area contributed by atoms with E-state index < -0.39 is 19.1 Å². The van der Waals surface area contributed by atoms with E-state index in [9.17, 15) is 18.3 Å². The molecule has 0 fully saturated rings. The monoisotopic (exact) mass is 284 g/mol. The van der Waals surface area contributed by atoms with E-state index in [1.165, 1.54) is 0 Å². The van der Waals surface area contributed by atoms with Gasteiger partial charge in [-0.2, -0.15) is 13.2 Å². The summed E-state index contributed by atoms with van der Waals surface area (Å²) in [4.78, 5) is 0. The van der Waals surface area contributed by atoms with Crippen LogP contribution in [0.5, 0.6) is 0 Å². The van der Waals surface area contributed by atoms with Crippen LogP contribution < -0.4 is 0 Å². The van der Waals surface area contributed by atoms with Crippen LogP contribution >= 0.6 is 0 Å². The Hall–Kier alpha value is -0.290. The van der Waals surface area contributed by atoms with Gasteiger partial charge in [-0.15, -0.1) is 0 Å². The molecule has 0 aromatic heterocycles. The van der Waals surface area contributed by atoms with Gasteiger partial charge in [-0.25, -0.2) is 0 Å². The Labute approximate surface area is 114 Å². The minimum Gasteiger partial charge on any atom is -0.368 e. The number of aliphatic hydroxyl groups excluding tert-OH is 1. The molecule has 3 unspecified atom stereocenters. The molecule has 0 aromatic carbocycles. The summed E-state index contributed by atoms with van der Waals surface area (Å²) in [6.45, 7) is 10.4. The summed E-state index contributed by atoms with van der Waals surface area (Å²) in [6.07, 6.45) is -4.96. The summed E-state index contributed by atoms with van der Waals surface area (Å²) in [7, 11) is 0. The summed E-state index contributed by atoms with van der Waals surface area (Å²) in [5, 5.41) is 9.97. The fourth-order valence-electron chi connectivity index (χ4n) is 2.74. The first-order valence-electron chi connectivity index (χ1n) is 6.71. The summed E-state index contributed by atoms with van der Waals surface area (Å²) < 4.78 is 41.1. The van der Waals surface area contributed by atoms with Gasteiger partial charge in [0, 0.05) is 5.92 Å². The molecule has 0 aliphatic carbocycles. The summed E-state index contributed by atoms with van der Waals surface area (Å²) >= 11 is 0. The molecular formula is C14H27F3O2. The first kappa shape index (κ1) is 18.7. The van der Waals surface area contributed by atoms with Crippen molar-refractivity contribution in [2.45, 2.75) is 60.4 Å². The normalized spacial score (nSPS) is 18.5. The van der Waals surface area contributed by atoms with Gasteiger partial charge >= 0.3 is 6.18 Å². The zero-order valence-corrected chi connectivity index (χ0v) is 12.7. The van der Waals surface area contributed by atoms with E-state index in [2.05, 4.69) is 18.6 Å². The Morgan fingerprint density at radius 1 is 1.05 bits per heavy atom. The molecule has 1 N–H and O–H groups in total. The topological polar surface area (TPSA) is 29.5 Å². The number of alkyl halides is 3. The molecule has 5 heteroatoms. The highest BCUT2D eigenvalue weighted by molar-refractivity contribution is 4.81. The predicted octanol–water partition coefficient (Wildman–Crippen LogP) is 4.23. The third-order valence-electron chi connectivity index (χ3n) is 3.18. The maximum atomic E-state index is 12.2. The molecule has 0 radical (unpaired) electrons. The van der Waals surface area contributed by atoms with Crippen LogP contribution in [0.25, 0.3) is 0 Å². The fraction of sp³-hybridized carbons (Fsp3) is 1.00. The maximum absolute atomic E-state index is 12.2. The van der Waals surface area contributed by atoms with Crippen molar-refractivity contribution in [1.29, 1.82) is 0 Å². The Kier molecular flexibility index (Phi) is 6.83. The molecule has 0 rings (SSSR count). The molecule has 0 spiro atoms. The highest BCUT2D eigenvalue weighted by Gasteiger charge is 2.38. The Bertz CT molecular complexity index is 256. The van der Waals surface area contributed by atoms with Crippen molar-refractivity contribution in [3.05, 3.63) is 0 Å². The number of hydrogen-bond donors (Lipinski definition) is 1. The third-order valence-corrected chi connectivity index (χ3v) is 3.18. The second-order valence-electron chi connectivity index (χ2n) is 6.82. The van der Waals surface area contributed by atoms with Gasteiger partial charge in [-0.1, -0.05) is 41.5 Å². The standard InChI is InChI=1S/C14H27F3O2/c1-9(2)7-10(3)11(13(4,5)6)12(18)19-8-14(15,16)17/h9-12,18H,7-8H2,1-6H3. The van der Waals surface area contributed by atoms with Crippen molar-refractivity contribution in [3.8, 4) is 0 Å². The van der Waals surface area contributed by atoms with Crippen molar-refractivity contribution in [2.75, 3.05) is 6.61 Å². The zero-order chi connectivity index (χ0) is 15.4. The lowest BCUT2D eigenvalue weighted by Gasteiger charge is -2.39. The van der Waals surface area contributed by atoms with Crippen LogP contribution in [0.2, 0.25) is 0 Å². The molecule has 3 atom stereocenters. The van der Waals surface area contributed by atoms with Gasteiger partial charge in [0.1, 0.15) is 6.61 Å². The van der Waals surface area contributed by atoms with E-state index in [0.29, 0.717) is 5.92 Å². The van der Waals surface area contributed by atoms with E-state index in [0.717, 1.165) is 6.42 Å². The number of aliphatic hydroxyl groups is 1. The molecule has 0 amide bonds. The van der Waals surface area contributed by atoms with Gasteiger partial charge in [-0.3, -0.25) is 0 Å². The lowest BCUT2D eigenvalue weighted by molar-refractivity contribution is -0.242. The van der Waals surface area contributed by atoms with E-state index >= 15 is 0 Å². The average molecular weight is 284 g/mol. The lowest BCUT2D eigenvalue weighted by atomic mass is 9.71. The second kappa shape index (κ2) is 6.93. The number of halogens is 3. The first-order valence-corrected chi connectivity index (χ1v) is 6.71. The molecule has 0 bridgehead atoms. The third kappa shape index (κ3) is 7.78. The van der Waals surface area contributed by atoms with Crippen LogP contribution in [0.15, 0.2) is 0 Å². The Morgan fingerprint density at radius 2 is 1.53 bits per heavy atom. The predicted molar refractivity (Wildman–Crippen MR) is 69.6 cm³/mol. The van der Waals surface area contributed by atoms with E-state index in [4.69, 9.17) is 0 Å². The van der Waals surface area contributed by atoms with Crippen molar-refractivity contribution in [1.82, 2.24) is 0 Å². The average Bonchev–Trinajstić information content (AvgIpc) is 2.09. The molecule has 116 valence electrons. The number of ether oxygens (including phenoxy) is 1. The summed E-state index contributed by atoms with van der Waals surface area (Å²) in [5.41, 5.74) is -0.320. The van der Waals surface area contributed by atoms with Crippen LogP contribution in [0.1, 0.15) is 48.0 Å². The van der Waals surface area contributed by atoms with Gasteiger partial charge in [0.25, 0.3) is 0 Å². The van der Waals surface area contributed by atoms with Gasteiger partial charge < -0.3 is 9.84 Å². The van der Waals surface area contributed by atoms with Crippen LogP contribution in [-0.2, 0) is 4.74 Å². The lowest BCUT2D eigenvalue weighted by Crippen LogP contribution is -2.40. The quantitative estimate of drug-likeness (QED) is 0.740. The van der Waals surface area contributed by atoms with E-state index in [1.807, 2.05) is 27.7 Å². The summed E-state index contributed by atoms with van der Waals surface area (Å²) in [5.74, 6) is 0.176. The Morgan fingerprint density at radius 3 is 1.84 bits per heavy atom. The molecule has 0 heterocycles. The molecule has 0 aliphatic rings. The first-order chi connectivity index (χ1) is 8.34. The van der Waals surface area contributed by atoms with Crippen molar-refractivity contribution < 1.29 is 23.0 Å². The largest absolute Gasteiger partial charge is 0.411 e. The SMILES string of the molecule is CC(C)CC(C)C(C(O)OCC(F)(F)F)C(C)(C)C. The number of hydrogen-bond acceptors (Lipinski definition) is 2. The van der Waals surface area contributed by atoms with Crippen LogP contribution in [0, 0.1) is 23.2 Å². The highest BCUT2D eigenvalue weighted by atomic mass is 19.4. The van der Waals surface area contributed by atoms with Gasteiger partial charge in [0.05, 0.1) is 0 Å². The molecule has 2 nitrogen and oxygen atoms in total. The second-order valence-corrected chi connectivity index (χ2v) is 6.82. The van der Waals surface area contributed by atoms with Gasteiger partial charge in [-0.05, 0) is 23.7 Å². The van der Waals surface area contributed by atoms with Crippen LogP contribution in [-0.4, -0.2) is 24.2 Å². The summed E-state index contributed by atoms with van der Waals surface area (Å²) in [6, 6.07) is 0. The fourth-order valence-corrected chi connectivity index (χ4v) is 2.74. The molecular weight excluding hydrogens is 257 g/mol. The van der Waals surface area contributed by atoms with Gasteiger partial charge in [0.15, 0.2) is 6.29 Å². The molecule has 0 aromatic rings. The zero-order valence-electron chi connectivity index (χ0n) is 12.7. The van der Waals surface area contributed by atoms with Crippen molar-refractivity contribution >= 4 is 0 Å². The molecule has 0 saturated heterocycles. The molecule has 19 heavy (non-hydrogen) atoms. The van der Waals surface area contributed by atoms with Crippen molar-refractivity contribution in [3.63, 3.8) is 0 Å². The van der Waals surface area contributed by atoms with Gasteiger partial charge in [0.2, 0.25) is 0 Å². The minimum atomic E-state index is -4.41. The molecule has 0 aliphatic heterocycles. The van der Waals surface area contributed by atoms with Crippen molar-refractivity contribution in [2.24, 2.45) is 23.2 Å². The minimum absolute atomic E-state index is 0.0863. The maximum Gasteiger partial charge on any atom is 0.411 e.